The second-order valence-corrected chi connectivity index (χ2v) is 4.45. The summed E-state index contributed by atoms with van der Waals surface area (Å²) in [5.74, 6) is 0.941. The molecule has 0 aliphatic heterocycles. The van der Waals surface area contributed by atoms with Crippen molar-refractivity contribution in [3.8, 4) is 0 Å². The molecule has 4 N–H and O–H groups in total. The molecule has 0 aromatic carbocycles. The van der Waals surface area contributed by atoms with Crippen molar-refractivity contribution >= 4 is 5.84 Å². The molecule has 0 heterocycles. The van der Waals surface area contributed by atoms with E-state index in [1.165, 1.54) is 0 Å². The zero-order valence-corrected chi connectivity index (χ0v) is 9.26. The van der Waals surface area contributed by atoms with Crippen LogP contribution in [0.5, 0.6) is 0 Å². The molecule has 0 aromatic heterocycles. The van der Waals surface area contributed by atoms with Gasteiger partial charge < -0.3 is 20.9 Å². The summed E-state index contributed by atoms with van der Waals surface area (Å²) in [5, 5.41) is 20.4. The van der Waals surface area contributed by atoms with Crippen LogP contribution in [-0.2, 0) is 0 Å². The third-order valence-electron chi connectivity index (χ3n) is 2.88. The van der Waals surface area contributed by atoms with Gasteiger partial charge in [0.15, 0.2) is 0 Å². The van der Waals surface area contributed by atoms with Gasteiger partial charge in [0.1, 0.15) is 5.84 Å². The van der Waals surface area contributed by atoms with Crippen molar-refractivity contribution in [2.45, 2.75) is 31.8 Å². The Hall–Kier alpha value is -0.810. The van der Waals surface area contributed by atoms with Crippen LogP contribution < -0.4 is 5.73 Å². The fourth-order valence-electron chi connectivity index (χ4n) is 1.96. The average molecular weight is 215 g/mol. The molecule has 1 fully saturated rings. The minimum atomic E-state index is -0.0689. The van der Waals surface area contributed by atoms with Gasteiger partial charge in [-0.25, -0.2) is 0 Å². The highest BCUT2D eigenvalue weighted by Gasteiger charge is 2.27. The summed E-state index contributed by atoms with van der Waals surface area (Å²) in [6.45, 7) is 1.98. The Bertz CT molecular complexity index is 215. The number of aliphatic hydroxyl groups is 1. The fourth-order valence-corrected chi connectivity index (χ4v) is 1.96. The molecule has 0 spiro atoms. The van der Waals surface area contributed by atoms with Gasteiger partial charge in [-0.05, 0) is 38.8 Å². The average Bonchev–Trinajstić information content (AvgIpc) is 2.15. The summed E-state index contributed by atoms with van der Waals surface area (Å²) in [5.41, 5.74) is 5.36. The van der Waals surface area contributed by atoms with Gasteiger partial charge >= 0.3 is 0 Å². The number of hydrogen-bond donors (Lipinski definition) is 3. The van der Waals surface area contributed by atoms with Gasteiger partial charge in [-0.2, -0.15) is 0 Å². The molecule has 0 unspecified atom stereocenters. The summed E-state index contributed by atoms with van der Waals surface area (Å²) in [7, 11) is 2.07. The minimum absolute atomic E-state index is 0.0689. The van der Waals surface area contributed by atoms with Crippen LogP contribution in [0.2, 0.25) is 0 Å². The predicted molar refractivity (Wildman–Crippen MR) is 58.9 cm³/mol. The van der Waals surface area contributed by atoms with Crippen LogP contribution in [0.3, 0.4) is 0 Å². The van der Waals surface area contributed by atoms with E-state index in [4.69, 9.17) is 16.0 Å². The first-order valence-corrected chi connectivity index (χ1v) is 5.44. The largest absolute Gasteiger partial charge is 0.409 e. The third-order valence-corrected chi connectivity index (χ3v) is 2.88. The lowest BCUT2D eigenvalue weighted by atomic mass is 9.82. The number of nitrogens with zero attached hydrogens (tertiary/aromatic N) is 2. The molecule has 0 radical (unpaired) electrons. The first kappa shape index (κ1) is 12.3. The summed E-state index contributed by atoms with van der Waals surface area (Å²) in [4.78, 5) is 2.24. The summed E-state index contributed by atoms with van der Waals surface area (Å²) < 4.78 is 0. The molecule has 1 saturated carbocycles. The van der Waals surface area contributed by atoms with E-state index >= 15 is 0 Å². The van der Waals surface area contributed by atoms with E-state index in [0.717, 1.165) is 32.4 Å². The van der Waals surface area contributed by atoms with E-state index in [1.807, 2.05) is 0 Å². The number of aliphatic hydroxyl groups excluding tert-OH is 1. The highest BCUT2D eigenvalue weighted by atomic mass is 16.4. The molecule has 88 valence electrons. The van der Waals surface area contributed by atoms with Gasteiger partial charge in [0, 0.05) is 13.0 Å². The van der Waals surface area contributed by atoms with Gasteiger partial charge in [-0.3, -0.25) is 0 Å². The fraction of sp³-hybridized carbons (Fsp3) is 0.900. The van der Waals surface area contributed by atoms with Crippen molar-refractivity contribution in [2.24, 2.45) is 16.8 Å². The van der Waals surface area contributed by atoms with Crippen molar-refractivity contribution in [1.29, 1.82) is 0 Å². The number of rotatable bonds is 6. The lowest BCUT2D eigenvalue weighted by molar-refractivity contribution is 0.0283. The zero-order valence-electron chi connectivity index (χ0n) is 9.26. The Kier molecular flexibility index (Phi) is 4.84. The van der Waals surface area contributed by atoms with Crippen LogP contribution in [0.25, 0.3) is 0 Å². The number of amidine groups is 1. The number of oxime groups is 1. The highest BCUT2D eigenvalue weighted by Crippen LogP contribution is 2.27. The van der Waals surface area contributed by atoms with E-state index in [-0.39, 0.29) is 6.10 Å². The van der Waals surface area contributed by atoms with Gasteiger partial charge in [0.25, 0.3) is 0 Å². The molecule has 0 amide bonds. The van der Waals surface area contributed by atoms with Crippen LogP contribution >= 0.6 is 0 Å². The lowest BCUT2D eigenvalue weighted by Crippen LogP contribution is -2.37. The third kappa shape index (κ3) is 4.48. The Morgan fingerprint density at radius 2 is 2.20 bits per heavy atom. The van der Waals surface area contributed by atoms with Gasteiger partial charge in [-0.15, -0.1) is 0 Å². The first-order chi connectivity index (χ1) is 7.11. The highest BCUT2D eigenvalue weighted by molar-refractivity contribution is 5.79. The molecule has 1 aliphatic carbocycles. The summed E-state index contributed by atoms with van der Waals surface area (Å²) >= 11 is 0. The molecule has 15 heavy (non-hydrogen) atoms. The van der Waals surface area contributed by atoms with Gasteiger partial charge in [0.05, 0.1) is 6.10 Å². The van der Waals surface area contributed by atoms with Crippen molar-refractivity contribution in [3.05, 3.63) is 0 Å². The monoisotopic (exact) mass is 215 g/mol. The summed E-state index contributed by atoms with van der Waals surface area (Å²) in [6.07, 6.45) is 3.34. The molecular formula is C10H21N3O2. The van der Waals surface area contributed by atoms with Crippen LogP contribution in [0, 0.1) is 5.92 Å². The van der Waals surface area contributed by atoms with Crippen LogP contribution in [0.1, 0.15) is 25.7 Å². The van der Waals surface area contributed by atoms with Crippen molar-refractivity contribution < 1.29 is 10.3 Å². The lowest BCUT2D eigenvalue weighted by Gasteiger charge is -2.34. The number of hydrogen-bond acceptors (Lipinski definition) is 4. The molecule has 1 rings (SSSR count). The van der Waals surface area contributed by atoms with Gasteiger partial charge in [-0.1, -0.05) is 5.16 Å². The maximum atomic E-state index is 9.13. The molecule has 5 heteroatoms. The molecule has 0 aromatic rings. The molecule has 0 saturated heterocycles. The Morgan fingerprint density at radius 3 is 2.73 bits per heavy atom. The van der Waals surface area contributed by atoms with Crippen molar-refractivity contribution in [3.63, 3.8) is 0 Å². The van der Waals surface area contributed by atoms with E-state index in [9.17, 15) is 0 Å². The Balaban J connectivity index is 2.01. The first-order valence-electron chi connectivity index (χ1n) is 5.44. The molecule has 0 atom stereocenters. The van der Waals surface area contributed by atoms with Crippen LogP contribution in [-0.4, -0.2) is 47.3 Å². The van der Waals surface area contributed by atoms with E-state index in [1.54, 1.807) is 0 Å². The van der Waals surface area contributed by atoms with E-state index in [0.29, 0.717) is 18.2 Å². The Morgan fingerprint density at radius 1 is 1.53 bits per heavy atom. The van der Waals surface area contributed by atoms with Crippen molar-refractivity contribution in [2.75, 3.05) is 20.1 Å². The molecule has 0 bridgehead atoms. The topological polar surface area (TPSA) is 82.1 Å². The zero-order chi connectivity index (χ0) is 11.3. The molecule has 1 aliphatic rings. The summed E-state index contributed by atoms with van der Waals surface area (Å²) in [6, 6.07) is 0. The van der Waals surface area contributed by atoms with Crippen LogP contribution in [0.4, 0.5) is 0 Å². The second kappa shape index (κ2) is 5.92. The predicted octanol–water partition coefficient (Wildman–Crippen LogP) is 0.216. The normalized spacial score (nSPS) is 26.7. The quantitative estimate of drug-likeness (QED) is 0.256. The minimum Gasteiger partial charge on any atom is -0.409 e. The molecule has 5 nitrogen and oxygen atoms in total. The molecular weight excluding hydrogens is 194 g/mol. The SMILES string of the molecule is CN(CCCC(N)=NO)CC1CC(O)C1. The van der Waals surface area contributed by atoms with Gasteiger partial charge in [0.2, 0.25) is 0 Å². The van der Waals surface area contributed by atoms with E-state index in [2.05, 4.69) is 17.1 Å². The Labute approximate surface area is 90.6 Å². The smallest absolute Gasteiger partial charge is 0.139 e. The van der Waals surface area contributed by atoms with Crippen molar-refractivity contribution in [1.82, 2.24) is 4.90 Å². The maximum absolute atomic E-state index is 9.13. The second-order valence-electron chi connectivity index (χ2n) is 4.45. The van der Waals surface area contributed by atoms with E-state index < -0.39 is 0 Å². The van der Waals surface area contributed by atoms with Crippen LogP contribution in [0.15, 0.2) is 5.16 Å². The number of nitrogens with two attached hydrogens (primary N) is 1. The standard InChI is InChI=1S/C10H21N3O2/c1-13(4-2-3-10(11)12-15)7-8-5-9(14)6-8/h8-9,14-15H,2-7H2,1H3,(H2,11,12). The maximum Gasteiger partial charge on any atom is 0.139 e.